The predicted molar refractivity (Wildman–Crippen MR) is 67.9 cm³/mol. The van der Waals surface area contributed by atoms with Gasteiger partial charge in [0.1, 0.15) is 5.75 Å². The van der Waals surface area contributed by atoms with Crippen LogP contribution < -0.4 is 10.1 Å². The Bertz CT molecular complexity index is 467. The smallest absolute Gasteiger partial charge is 0.273 e. The summed E-state index contributed by atoms with van der Waals surface area (Å²) in [4.78, 5) is 21.4. The first kappa shape index (κ1) is 14.9. The van der Waals surface area contributed by atoms with E-state index >= 15 is 0 Å². The molecule has 2 N–H and O–H groups in total. The lowest BCUT2D eigenvalue weighted by Crippen LogP contribution is -2.40. The zero-order valence-corrected chi connectivity index (χ0v) is 10.8. The molecule has 0 heterocycles. The van der Waals surface area contributed by atoms with Crippen LogP contribution in [0.3, 0.4) is 0 Å². The van der Waals surface area contributed by atoms with Gasteiger partial charge in [-0.25, -0.2) is 0 Å². The molecule has 0 spiro atoms. The maximum Gasteiger partial charge on any atom is 0.273 e. The monoisotopic (exact) mass is 268 g/mol. The van der Waals surface area contributed by atoms with E-state index in [2.05, 4.69) is 5.32 Å². The minimum atomic E-state index is -0.999. The number of nitro groups is 1. The largest absolute Gasteiger partial charge is 0.484 e. The Morgan fingerprint density at radius 3 is 2.79 bits per heavy atom. The third kappa shape index (κ3) is 5.82. The predicted octanol–water partition coefficient (Wildman–Crippen LogP) is 0.861. The second-order valence-corrected chi connectivity index (χ2v) is 4.63. The second kappa shape index (κ2) is 6.14. The van der Waals surface area contributed by atoms with Crippen molar-refractivity contribution in [3.05, 3.63) is 34.4 Å². The summed E-state index contributed by atoms with van der Waals surface area (Å²) in [7, 11) is 0. The third-order valence-corrected chi connectivity index (χ3v) is 2.12. The van der Waals surface area contributed by atoms with Gasteiger partial charge in [0.05, 0.1) is 16.6 Å². The zero-order chi connectivity index (χ0) is 14.5. The number of nitrogens with one attached hydrogen (secondary N) is 1. The molecule has 0 unspecified atom stereocenters. The van der Waals surface area contributed by atoms with Gasteiger partial charge in [-0.15, -0.1) is 0 Å². The van der Waals surface area contributed by atoms with Gasteiger partial charge in [0.2, 0.25) is 0 Å². The third-order valence-electron chi connectivity index (χ3n) is 2.12. The van der Waals surface area contributed by atoms with Crippen LogP contribution >= 0.6 is 0 Å². The summed E-state index contributed by atoms with van der Waals surface area (Å²) in [6.07, 6.45) is 0. The Balaban J connectivity index is 2.46. The number of nitrogens with zero attached hydrogens (tertiary/aromatic N) is 1. The Morgan fingerprint density at radius 2 is 2.21 bits per heavy atom. The van der Waals surface area contributed by atoms with E-state index in [1.807, 2.05) is 0 Å². The maximum absolute atomic E-state index is 11.4. The van der Waals surface area contributed by atoms with E-state index in [-0.39, 0.29) is 24.6 Å². The minimum absolute atomic E-state index is 0.101. The van der Waals surface area contributed by atoms with Crippen LogP contribution in [0.25, 0.3) is 0 Å². The van der Waals surface area contributed by atoms with E-state index in [0.717, 1.165) is 0 Å². The average Bonchev–Trinajstić information content (AvgIpc) is 2.33. The van der Waals surface area contributed by atoms with Crippen molar-refractivity contribution >= 4 is 11.6 Å². The van der Waals surface area contributed by atoms with E-state index in [1.54, 1.807) is 13.8 Å². The highest BCUT2D eigenvalue weighted by Gasteiger charge is 2.14. The van der Waals surface area contributed by atoms with Crippen LogP contribution in [0.2, 0.25) is 0 Å². The number of hydrogen-bond donors (Lipinski definition) is 2. The number of amides is 1. The van der Waals surface area contributed by atoms with Crippen LogP contribution in [0.1, 0.15) is 13.8 Å². The highest BCUT2D eigenvalue weighted by molar-refractivity contribution is 5.77. The van der Waals surface area contributed by atoms with Crippen molar-refractivity contribution in [1.82, 2.24) is 5.32 Å². The molecule has 104 valence electrons. The molecule has 0 aliphatic heterocycles. The molecule has 1 amide bonds. The Hall–Kier alpha value is -2.15. The molecule has 1 aromatic carbocycles. The first-order chi connectivity index (χ1) is 8.78. The number of ether oxygens (including phenoxy) is 1. The number of rotatable bonds is 6. The van der Waals surface area contributed by atoms with Crippen LogP contribution in [0.4, 0.5) is 5.69 Å². The van der Waals surface area contributed by atoms with Gasteiger partial charge in [0.15, 0.2) is 6.61 Å². The number of non-ortho nitro benzene ring substituents is 1. The molecule has 0 atom stereocenters. The zero-order valence-electron chi connectivity index (χ0n) is 10.8. The highest BCUT2D eigenvalue weighted by Crippen LogP contribution is 2.18. The van der Waals surface area contributed by atoms with Crippen LogP contribution in [0.15, 0.2) is 24.3 Å². The van der Waals surface area contributed by atoms with Gasteiger partial charge in [-0.3, -0.25) is 14.9 Å². The average molecular weight is 268 g/mol. The number of carbonyl (C=O) groups excluding carboxylic acids is 1. The van der Waals surface area contributed by atoms with Crippen LogP contribution in [0.5, 0.6) is 5.75 Å². The molecule has 0 aliphatic rings. The van der Waals surface area contributed by atoms with Crippen molar-refractivity contribution in [1.29, 1.82) is 0 Å². The first-order valence-electron chi connectivity index (χ1n) is 5.64. The van der Waals surface area contributed by atoms with Crippen molar-refractivity contribution in [2.45, 2.75) is 19.4 Å². The molecule has 0 aromatic heterocycles. The van der Waals surface area contributed by atoms with Crippen molar-refractivity contribution in [2.75, 3.05) is 13.2 Å². The molecule has 1 rings (SSSR count). The van der Waals surface area contributed by atoms with Crippen molar-refractivity contribution in [2.24, 2.45) is 0 Å². The molecule has 0 bridgehead atoms. The van der Waals surface area contributed by atoms with Gasteiger partial charge < -0.3 is 15.2 Å². The van der Waals surface area contributed by atoms with Gasteiger partial charge in [-0.1, -0.05) is 6.07 Å². The SMILES string of the molecule is CC(C)(O)CNC(=O)COc1cccc([N+](=O)[O-])c1. The topological polar surface area (TPSA) is 102 Å². The van der Waals surface area contributed by atoms with E-state index in [0.29, 0.717) is 0 Å². The highest BCUT2D eigenvalue weighted by atomic mass is 16.6. The number of hydrogen-bond acceptors (Lipinski definition) is 5. The van der Waals surface area contributed by atoms with Gasteiger partial charge in [-0.05, 0) is 19.9 Å². The fourth-order valence-corrected chi connectivity index (χ4v) is 1.20. The molecule has 0 aliphatic carbocycles. The van der Waals surface area contributed by atoms with Crippen LogP contribution in [-0.4, -0.2) is 34.7 Å². The molecular formula is C12H16N2O5. The molecule has 1 aromatic rings. The van der Waals surface area contributed by atoms with Crippen LogP contribution in [-0.2, 0) is 4.79 Å². The summed E-state index contributed by atoms with van der Waals surface area (Å²) >= 11 is 0. The second-order valence-electron chi connectivity index (χ2n) is 4.63. The number of nitro benzene ring substituents is 1. The lowest BCUT2D eigenvalue weighted by molar-refractivity contribution is -0.384. The van der Waals surface area contributed by atoms with Crippen LogP contribution in [0, 0.1) is 10.1 Å². The Kier molecular flexibility index (Phi) is 4.82. The molecule has 0 saturated heterocycles. The standard InChI is InChI=1S/C12H16N2O5/c1-12(2,16)8-13-11(15)7-19-10-5-3-4-9(6-10)14(17)18/h3-6,16H,7-8H2,1-2H3,(H,13,15). The fraction of sp³-hybridized carbons (Fsp3) is 0.417. The van der Waals surface area contributed by atoms with E-state index < -0.39 is 16.4 Å². The van der Waals surface area contributed by atoms with Gasteiger partial charge >= 0.3 is 0 Å². The van der Waals surface area contributed by atoms with Gasteiger partial charge in [0.25, 0.3) is 11.6 Å². The quantitative estimate of drug-likeness (QED) is 0.588. The van der Waals surface area contributed by atoms with Crippen molar-refractivity contribution < 1.29 is 19.6 Å². The molecule has 19 heavy (non-hydrogen) atoms. The summed E-state index contributed by atoms with van der Waals surface area (Å²) in [5, 5.41) is 22.4. The number of benzene rings is 1. The van der Waals surface area contributed by atoms with Crippen molar-refractivity contribution in [3.63, 3.8) is 0 Å². The minimum Gasteiger partial charge on any atom is -0.484 e. The molecule has 7 heteroatoms. The molecule has 0 saturated carbocycles. The van der Waals surface area contributed by atoms with E-state index in [1.165, 1.54) is 24.3 Å². The van der Waals surface area contributed by atoms with E-state index in [4.69, 9.17) is 4.74 Å². The summed E-state index contributed by atoms with van der Waals surface area (Å²) in [5.41, 5.74) is -1.10. The summed E-state index contributed by atoms with van der Waals surface area (Å²) in [5.74, 6) is -0.166. The molecule has 0 fully saturated rings. The fourth-order valence-electron chi connectivity index (χ4n) is 1.20. The summed E-state index contributed by atoms with van der Waals surface area (Å²) < 4.78 is 5.13. The first-order valence-corrected chi connectivity index (χ1v) is 5.64. The maximum atomic E-state index is 11.4. The van der Waals surface area contributed by atoms with Crippen molar-refractivity contribution in [3.8, 4) is 5.75 Å². The molecule has 7 nitrogen and oxygen atoms in total. The van der Waals surface area contributed by atoms with Gasteiger partial charge in [-0.2, -0.15) is 0 Å². The molecule has 0 radical (unpaired) electrons. The normalized spacial score (nSPS) is 10.9. The number of aliphatic hydroxyl groups is 1. The number of carbonyl (C=O) groups is 1. The van der Waals surface area contributed by atoms with E-state index in [9.17, 15) is 20.0 Å². The summed E-state index contributed by atoms with van der Waals surface area (Å²) in [6.45, 7) is 2.96. The Morgan fingerprint density at radius 1 is 1.53 bits per heavy atom. The lowest BCUT2D eigenvalue weighted by Gasteiger charge is -2.17. The van der Waals surface area contributed by atoms with Gasteiger partial charge in [0, 0.05) is 12.6 Å². The Labute approximate surface area is 110 Å². The molecular weight excluding hydrogens is 252 g/mol. The lowest BCUT2D eigenvalue weighted by atomic mass is 10.1. The summed E-state index contributed by atoms with van der Waals surface area (Å²) in [6, 6.07) is 5.57.